The maximum atomic E-state index is 5.30. The number of aromatic nitrogens is 1. The highest BCUT2D eigenvalue weighted by Crippen LogP contribution is 2.24. The van der Waals surface area contributed by atoms with Gasteiger partial charge in [-0.05, 0) is 38.3 Å². The number of nitrogens with one attached hydrogen (secondary N) is 1. The van der Waals surface area contributed by atoms with Crippen molar-refractivity contribution in [3.05, 3.63) is 52.4 Å². The van der Waals surface area contributed by atoms with Crippen LogP contribution in [0.2, 0.25) is 0 Å². The quantitative estimate of drug-likeness (QED) is 0.418. The van der Waals surface area contributed by atoms with Gasteiger partial charge in [-0.2, -0.15) is 0 Å². The van der Waals surface area contributed by atoms with E-state index in [-0.39, 0.29) is 29.9 Å². The fraction of sp³-hybridized carbons (Fsp3) is 0.500. The Morgan fingerprint density at radius 3 is 2.69 bits per heavy atom. The normalized spacial score (nSPS) is 15.2. The van der Waals surface area contributed by atoms with Gasteiger partial charge in [-0.15, -0.1) is 24.0 Å². The highest BCUT2D eigenvalue weighted by molar-refractivity contribution is 14.0. The minimum Gasteiger partial charge on any atom is -0.361 e. The second-order valence-corrected chi connectivity index (χ2v) is 6.77. The molecule has 0 amide bonds. The largest absolute Gasteiger partial charge is 0.361 e. The van der Waals surface area contributed by atoms with Crippen LogP contribution in [-0.4, -0.2) is 35.7 Å². The lowest BCUT2D eigenvalue weighted by Crippen LogP contribution is -2.44. The summed E-state index contributed by atoms with van der Waals surface area (Å²) < 4.78 is 5.30. The van der Waals surface area contributed by atoms with Gasteiger partial charge in [0.05, 0.1) is 5.69 Å². The van der Waals surface area contributed by atoms with Gasteiger partial charge in [0.25, 0.3) is 0 Å². The molecule has 0 fully saturated rings. The van der Waals surface area contributed by atoms with Crippen molar-refractivity contribution in [2.75, 3.05) is 19.6 Å². The third kappa shape index (κ3) is 4.58. The van der Waals surface area contributed by atoms with Gasteiger partial charge in [0, 0.05) is 37.7 Å². The first-order valence-corrected chi connectivity index (χ1v) is 9.13. The van der Waals surface area contributed by atoms with Crippen molar-refractivity contribution in [1.29, 1.82) is 0 Å². The van der Waals surface area contributed by atoms with Gasteiger partial charge in [-0.1, -0.05) is 36.3 Å². The molecule has 0 aliphatic carbocycles. The third-order valence-corrected chi connectivity index (χ3v) is 4.86. The molecule has 0 bridgehead atoms. The summed E-state index contributed by atoms with van der Waals surface area (Å²) in [5, 5.41) is 7.52. The molecule has 26 heavy (non-hydrogen) atoms. The van der Waals surface area contributed by atoms with Gasteiger partial charge in [0.2, 0.25) is 0 Å². The first kappa shape index (κ1) is 20.7. The van der Waals surface area contributed by atoms with E-state index in [1.807, 2.05) is 13.8 Å². The number of halogens is 1. The number of rotatable bonds is 4. The van der Waals surface area contributed by atoms with E-state index in [4.69, 9.17) is 9.52 Å². The number of nitrogens with zero attached hydrogens (tertiary/aromatic N) is 3. The van der Waals surface area contributed by atoms with Gasteiger partial charge in [-0.3, -0.25) is 4.99 Å². The molecule has 1 aromatic carbocycles. The maximum absolute atomic E-state index is 5.30. The van der Waals surface area contributed by atoms with Crippen molar-refractivity contribution in [2.24, 2.45) is 4.99 Å². The van der Waals surface area contributed by atoms with E-state index in [1.165, 1.54) is 16.7 Å². The molecular weight excluding hydrogens is 439 g/mol. The summed E-state index contributed by atoms with van der Waals surface area (Å²) in [5.74, 6) is 2.18. The molecule has 0 spiro atoms. The summed E-state index contributed by atoms with van der Waals surface area (Å²) in [6.07, 6.45) is 1.07. The number of aryl methyl sites for hydroxylation is 2. The highest BCUT2D eigenvalue weighted by Gasteiger charge is 2.20. The molecule has 1 aliphatic rings. The fourth-order valence-electron chi connectivity index (χ4n) is 3.61. The first-order chi connectivity index (χ1) is 12.1. The van der Waals surface area contributed by atoms with Crippen LogP contribution in [0.5, 0.6) is 0 Å². The molecular formula is C20H29IN4O. The third-order valence-electron chi connectivity index (χ3n) is 4.86. The molecule has 1 atom stereocenters. The molecule has 3 rings (SSSR count). The van der Waals surface area contributed by atoms with E-state index in [0.717, 1.165) is 50.0 Å². The van der Waals surface area contributed by atoms with Crippen molar-refractivity contribution in [3.8, 4) is 0 Å². The molecule has 5 nitrogen and oxygen atoms in total. The van der Waals surface area contributed by atoms with Gasteiger partial charge >= 0.3 is 0 Å². The zero-order valence-corrected chi connectivity index (χ0v) is 18.4. The molecule has 2 heterocycles. The zero-order chi connectivity index (χ0) is 17.8. The van der Waals surface area contributed by atoms with Crippen LogP contribution in [0.15, 0.2) is 33.8 Å². The SMILES string of the molecule is CCNC(=NCC(C)c1c(C)noc1C)N1CCc2ccccc2C1.I. The van der Waals surface area contributed by atoms with Gasteiger partial charge in [-0.25, -0.2) is 0 Å². The predicted molar refractivity (Wildman–Crippen MR) is 116 cm³/mol. The molecule has 1 aliphatic heterocycles. The van der Waals surface area contributed by atoms with Gasteiger partial charge < -0.3 is 14.7 Å². The van der Waals surface area contributed by atoms with Crippen LogP contribution in [0.3, 0.4) is 0 Å². The Bertz CT molecular complexity index is 737. The van der Waals surface area contributed by atoms with Crippen molar-refractivity contribution >= 4 is 29.9 Å². The van der Waals surface area contributed by atoms with Crippen LogP contribution < -0.4 is 5.32 Å². The predicted octanol–water partition coefficient (Wildman–Crippen LogP) is 4.04. The van der Waals surface area contributed by atoms with Crippen molar-refractivity contribution in [1.82, 2.24) is 15.4 Å². The summed E-state index contributed by atoms with van der Waals surface area (Å²) >= 11 is 0. The minimum absolute atomic E-state index is 0. The van der Waals surface area contributed by atoms with Gasteiger partial charge in [0.1, 0.15) is 5.76 Å². The summed E-state index contributed by atoms with van der Waals surface area (Å²) in [6.45, 7) is 11.8. The summed E-state index contributed by atoms with van der Waals surface area (Å²) in [4.78, 5) is 7.26. The molecule has 0 saturated heterocycles. The Balaban J connectivity index is 0.00000243. The molecule has 1 unspecified atom stereocenters. The second-order valence-electron chi connectivity index (χ2n) is 6.77. The number of fused-ring (bicyclic) bond motifs is 1. The fourth-order valence-corrected chi connectivity index (χ4v) is 3.61. The number of hydrogen-bond donors (Lipinski definition) is 1. The molecule has 1 aromatic heterocycles. The molecule has 142 valence electrons. The van der Waals surface area contributed by atoms with Gasteiger partial charge in [0.15, 0.2) is 5.96 Å². The Morgan fingerprint density at radius 2 is 2.04 bits per heavy atom. The van der Waals surface area contributed by atoms with E-state index in [9.17, 15) is 0 Å². The first-order valence-electron chi connectivity index (χ1n) is 9.13. The minimum atomic E-state index is 0. The lowest BCUT2D eigenvalue weighted by atomic mass is 9.99. The molecule has 0 radical (unpaired) electrons. The van der Waals surface area contributed by atoms with Crippen LogP contribution in [0.25, 0.3) is 0 Å². The molecule has 1 N–H and O–H groups in total. The van der Waals surface area contributed by atoms with Crippen molar-refractivity contribution in [2.45, 2.75) is 46.6 Å². The highest BCUT2D eigenvalue weighted by atomic mass is 127. The Kier molecular flexibility index (Phi) is 7.49. The average molecular weight is 468 g/mol. The number of benzene rings is 1. The van der Waals surface area contributed by atoms with Crippen LogP contribution in [0.4, 0.5) is 0 Å². The molecule has 6 heteroatoms. The Hall–Kier alpha value is -1.57. The summed E-state index contributed by atoms with van der Waals surface area (Å²) in [7, 11) is 0. The Labute approximate surface area is 173 Å². The smallest absolute Gasteiger partial charge is 0.194 e. The average Bonchev–Trinajstić information content (AvgIpc) is 2.96. The van der Waals surface area contributed by atoms with E-state index in [0.29, 0.717) is 0 Å². The lowest BCUT2D eigenvalue weighted by Gasteiger charge is -2.32. The van der Waals surface area contributed by atoms with Crippen LogP contribution in [-0.2, 0) is 13.0 Å². The van der Waals surface area contributed by atoms with Crippen molar-refractivity contribution < 1.29 is 4.52 Å². The van der Waals surface area contributed by atoms with Crippen LogP contribution >= 0.6 is 24.0 Å². The standard InChI is InChI=1S/C20H28N4O.HI/c1-5-21-20(22-12-14(2)19-15(3)23-25-16(19)4)24-11-10-17-8-6-7-9-18(17)13-24;/h6-9,14H,5,10-13H2,1-4H3,(H,21,22);1H. The molecule has 0 saturated carbocycles. The van der Waals surface area contributed by atoms with Crippen molar-refractivity contribution in [3.63, 3.8) is 0 Å². The number of aliphatic imine (C=N–C) groups is 1. The zero-order valence-electron chi connectivity index (χ0n) is 16.1. The number of guanidine groups is 1. The van der Waals surface area contributed by atoms with Crippen LogP contribution in [0.1, 0.15) is 47.9 Å². The van der Waals surface area contributed by atoms with E-state index >= 15 is 0 Å². The topological polar surface area (TPSA) is 53.7 Å². The van der Waals surface area contributed by atoms with Crippen LogP contribution in [0, 0.1) is 13.8 Å². The maximum Gasteiger partial charge on any atom is 0.194 e. The number of hydrogen-bond acceptors (Lipinski definition) is 3. The Morgan fingerprint density at radius 1 is 1.31 bits per heavy atom. The molecule has 2 aromatic rings. The van der Waals surface area contributed by atoms with E-state index < -0.39 is 0 Å². The summed E-state index contributed by atoms with van der Waals surface area (Å²) in [5.41, 5.74) is 5.01. The lowest BCUT2D eigenvalue weighted by molar-refractivity contribution is 0.378. The van der Waals surface area contributed by atoms with E-state index in [1.54, 1.807) is 0 Å². The van der Waals surface area contributed by atoms with E-state index in [2.05, 4.69) is 53.5 Å². The summed E-state index contributed by atoms with van der Waals surface area (Å²) in [6, 6.07) is 8.69. The monoisotopic (exact) mass is 468 g/mol. The second kappa shape index (κ2) is 9.39.